The highest BCUT2D eigenvalue weighted by Gasteiger charge is 2.25. The lowest BCUT2D eigenvalue weighted by atomic mass is 9.94. The van der Waals surface area contributed by atoms with Crippen LogP contribution in [0.2, 0.25) is 5.02 Å². The first-order valence-electron chi connectivity index (χ1n) is 17.0. The Morgan fingerprint density at radius 2 is 1.70 bits per heavy atom. The predicted molar refractivity (Wildman–Crippen MR) is 196 cm³/mol. The van der Waals surface area contributed by atoms with Crippen LogP contribution in [-0.4, -0.2) is 85.6 Å². The lowest BCUT2D eigenvalue weighted by Gasteiger charge is -2.15. The fourth-order valence-electron chi connectivity index (χ4n) is 5.79. The molecule has 4 aromatic rings. The molecule has 3 aromatic carbocycles. The van der Waals surface area contributed by atoms with E-state index in [0.717, 1.165) is 16.7 Å². The smallest absolute Gasteiger partial charge is 0.303 e. The molecule has 0 atom stereocenters. The molecule has 0 aliphatic carbocycles. The van der Waals surface area contributed by atoms with E-state index in [1.807, 2.05) is 18.2 Å². The first-order valence-corrected chi connectivity index (χ1v) is 17.4. The second kappa shape index (κ2) is 19.0. The molecule has 1 amide bonds. The summed E-state index contributed by atoms with van der Waals surface area (Å²) in [5, 5.41) is 11.7. The Kier molecular flexibility index (Phi) is 14.0. The largest absolute Gasteiger partial charge is 0.496 e. The van der Waals surface area contributed by atoms with Gasteiger partial charge >= 0.3 is 5.97 Å². The molecule has 0 bridgehead atoms. The molecule has 53 heavy (non-hydrogen) atoms. The van der Waals surface area contributed by atoms with Crippen LogP contribution in [-0.2, 0) is 32.0 Å². The number of methoxy groups -OCH3 is 2. The zero-order valence-corrected chi connectivity index (χ0v) is 30.2. The average molecular weight is 747 g/mol. The number of carboxylic acid groups (broad SMARTS) is 1. The van der Waals surface area contributed by atoms with Crippen molar-refractivity contribution in [1.29, 1.82) is 0 Å². The molecule has 0 saturated heterocycles. The Hall–Kier alpha value is -5.24. The number of aromatic nitrogens is 2. The molecule has 278 valence electrons. The number of ketones is 1. The number of ether oxygens (including phenoxy) is 4. The molecule has 0 saturated carbocycles. The normalized spacial score (nSPS) is 11.9. The summed E-state index contributed by atoms with van der Waals surface area (Å²) in [5.74, 6) is -0.556. The molecule has 2 N–H and O–H groups in total. The fourth-order valence-corrected chi connectivity index (χ4v) is 5.96. The summed E-state index contributed by atoms with van der Waals surface area (Å²) >= 11 is 6.43. The molecular weight excluding hydrogens is 707 g/mol. The summed E-state index contributed by atoms with van der Waals surface area (Å²) in [5.41, 5.74) is 4.77. The van der Waals surface area contributed by atoms with Crippen LogP contribution < -0.4 is 14.8 Å². The van der Waals surface area contributed by atoms with E-state index in [1.54, 1.807) is 36.5 Å². The number of benzene rings is 3. The van der Waals surface area contributed by atoms with Crippen LogP contribution >= 0.6 is 11.6 Å². The Morgan fingerprint density at radius 3 is 2.47 bits per heavy atom. The summed E-state index contributed by atoms with van der Waals surface area (Å²) in [6.45, 7) is 1.80. The van der Waals surface area contributed by atoms with Crippen molar-refractivity contribution in [2.45, 2.75) is 38.6 Å². The number of amides is 1. The van der Waals surface area contributed by atoms with Crippen molar-refractivity contribution >= 4 is 35.0 Å². The standard InChI is InChI=1S/C39H40ClFN4O8/c1-50-32-7-3-5-30(41)37(32)39-29-21-26(40)9-11-27(29)38-25(23-44-39)22-43-34(45-38)20-24-8-10-28(33(19-24)51-2)31(46)6-4-15-52-17-18-53-16-14-42-35(47)12-13-36(48)49/h3,5,7-11,19,21-22H,4,6,12-18,20,23H2,1-2H3,(H,42,47)(H,48,49). The van der Waals surface area contributed by atoms with Crippen molar-refractivity contribution < 1.29 is 42.8 Å². The minimum Gasteiger partial charge on any atom is -0.496 e. The molecule has 2 heterocycles. The van der Waals surface area contributed by atoms with Gasteiger partial charge in [0.25, 0.3) is 0 Å². The predicted octanol–water partition coefficient (Wildman–Crippen LogP) is 5.87. The van der Waals surface area contributed by atoms with E-state index >= 15 is 4.39 Å². The average Bonchev–Trinajstić information content (AvgIpc) is 3.30. The van der Waals surface area contributed by atoms with Crippen LogP contribution in [0.3, 0.4) is 0 Å². The van der Waals surface area contributed by atoms with Crippen LogP contribution in [0.4, 0.5) is 4.39 Å². The van der Waals surface area contributed by atoms with Crippen molar-refractivity contribution in [3.63, 3.8) is 0 Å². The van der Waals surface area contributed by atoms with E-state index in [1.165, 1.54) is 20.3 Å². The van der Waals surface area contributed by atoms with Gasteiger partial charge in [-0.15, -0.1) is 0 Å². The van der Waals surface area contributed by atoms with Gasteiger partial charge in [0, 0.05) is 60.3 Å². The third-order valence-electron chi connectivity index (χ3n) is 8.37. The van der Waals surface area contributed by atoms with Gasteiger partial charge in [0.1, 0.15) is 23.1 Å². The van der Waals surface area contributed by atoms with E-state index in [-0.39, 0.29) is 56.2 Å². The molecular formula is C39H40ClFN4O8. The number of hydrogen-bond acceptors (Lipinski definition) is 10. The fraction of sp³-hybridized carbons (Fsp3) is 0.333. The van der Waals surface area contributed by atoms with Crippen molar-refractivity contribution in [2.24, 2.45) is 4.99 Å². The number of carboxylic acids is 1. The van der Waals surface area contributed by atoms with Crippen LogP contribution in [0.25, 0.3) is 11.3 Å². The van der Waals surface area contributed by atoms with Gasteiger partial charge in [-0.2, -0.15) is 0 Å². The number of halogens is 2. The van der Waals surface area contributed by atoms with Crippen molar-refractivity contribution in [2.75, 3.05) is 47.2 Å². The summed E-state index contributed by atoms with van der Waals surface area (Å²) < 4.78 is 37.3. The highest BCUT2D eigenvalue weighted by molar-refractivity contribution is 6.31. The summed E-state index contributed by atoms with van der Waals surface area (Å²) in [6, 6.07) is 15.4. The number of aliphatic carboxylic acids is 1. The Labute approximate surface area is 311 Å². The monoisotopic (exact) mass is 746 g/mol. The number of Topliss-reactive ketones (excluding diaryl/α,β-unsaturated/α-hetero) is 1. The van der Waals surface area contributed by atoms with Crippen LogP contribution in [0.1, 0.15) is 64.1 Å². The van der Waals surface area contributed by atoms with Crippen LogP contribution in [0, 0.1) is 5.82 Å². The van der Waals surface area contributed by atoms with E-state index in [4.69, 9.17) is 45.6 Å². The van der Waals surface area contributed by atoms with Crippen molar-refractivity contribution in [3.8, 4) is 22.8 Å². The van der Waals surface area contributed by atoms with Crippen molar-refractivity contribution in [1.82, 2.24) is 15.3 Å². The zero-order valence-electron chi connectivity index (χ0n) is 29.5. The van der Waals surface area contributed by atoms with E-state index in [2.05, 4.69) is 10.3 Å². The summed E-state index contributed by atoms with van der Waals surface area (Å²) in [6.07, 6.45) is 2.59. The number of rotatable bonds is 19. The maximum Gasteiger partial charge on any atom is 0.303 e. The first kappa shape index (κ1) is 39.0. The molecule has 1 aliphatic rings. The second-order valence-electron chi connectivity index (χ2n) is 12.0. The summed E-state index contributed by atoms with van der Waals surface area (Å²) in [4.78, 5) is 49.4. The minimum atomic E-state index is -1.02. The second-order valence-corrected chi connectivity index (χ2v) is 12.5. The SMILES string of the molecule is COc1cc(Cc2ncc3c(n2)-c2ccc(Cl)cc2C(c2c(F)cccc2OC)=NC3)ccc1C(=O)CCCOCCOCCNC(=O)CCC(=O)O. The van der Waals surface area contributed by atoms with Crippen LogP contribution in [0.5, 0.6) is 11.5 Å². The van der Waals surface area contributed by atoms with E-state index in [0.29, 0.717) is 77.5 Å². The molecule has 14 heteroatoms. The molecule has 12 nitrogen and oxygen atoms in total. The minimum absolute atomic E-state index is 0.0698. The van der Waals surface area contributed by atoms with Crippen molar-refractivity contribution in [3.05, 3.63) is 105 Å². The number of fused-ring (bicyclic) bond motifs is 3. The van der Waals surface area contributed by atoms with Gasteiger partial charge in [0.15, 0.2) is 5.78 Å². The highest BCUT2D eigenvalue weighted by atomic mass is 35.5. The Bertz CT molecular complexity index is 1990. The lowest BCUT2D eigenvalue weighted by molar-refractivity contribution is -0.138. The molecule has 1 aliphatic heterocycles. The molecule has 0 unspecified atom stereocenters. The molecule has 0 radical (unpaired) electrons. The van der Waals surface area contributed by atoms with E-state index < -0.39 is 11.8 Å². The summed E-state index contributed by atoms with van der Waals surface area (Å²) in [7, 11) is 3.00. The highest BCUT2D eigenvalue weighted by Crippen LogP contribution is 2.36. The van der Waals surface area contributed by atoms with Gasteiger partial charge in [0.2, 0.25) is 5.91 Å². The van der Waals surface area contributed by atoms with Gasteiger partial charge in [-0.25, -0.2) is 14.4 Å². The number of carbonyl (C=O) groups is 3. The molecule has 5 rings (SSSR count). The topological polar surface area (TPSA) is 159 Å². The quantitative estimate of drug-likeness (QED) is 0.0878. The third kappa shape index (κ3) is 10.4. The Balaban J connectivity index is 1.17. The van der Waals surface area contributed by atoms with Gasteiger partial charge in [-0.3, -0.25) is 19.4 Å². The molecule has 1 aromatic heterocycles. The number of carbonyl (C=O) groups excluding carboxylic acids is 2. The molecule has 0 fully saturated rings. The number of aliphatic imine (C=N–C) groups is 1. The third-order valence-corrected chi connectivity index (χ3v) is 8.61. The first-order chi connectivity index (χ1) is 25.7. The maximum absolute atomic E-state index is 15.2. The zero-order chi connectivity index (χ0) is 37.7. The lowest BCUT2D eigenvalue weighted by Crippen LogP contribution is -2.27. The maximum atomic E-state index is 15.2. The van der Waals surface area contributed by atoms with E-state index in [9.17, 15) is 14.4 Å². The van der Waals surface area contributed by atoms with Gasteiger partial charge in [-0.1, -0.05) is 29.8 Å². The van der Waals surface area contributed by atoms with Gasteiger partial charge < -0.3 is 29.4 Å². The Morgan fingerprint density at radius 1 is 0.906 bits per heavy atom. The van der Waals surface area contributed by atoms with Gasteiger partial charge in [0.05, 0.1) is 69.5 Å². The van der Waals surface area contributed by atoms with Crippen LogP contribution in [0.15, 0.2) is 65.8 Å². The molecule has 0 spiro atoms. The number of nitrogens with one attached hydrogen (secondary N) is 1. The van der Waals surface area contributed by atoms with Gasteiger partial charge in [-0.05, 0) is 48.4 Å². The number of hydrogen-bond donors (Lipinski definition) is 2. The number of nitrogens with zero attached hydrogens (tertiary/aromatic N) is 3.